The maximum Gasteiger partial charge on any atom is 0.196 e. The first kappa shape index (κ1) is 13.2. The van der Waals surface area contributed by atoms with Crippen molar-refractivity contribution in [2.24, 2.45) is 0 Å². The summed E-state index contributed by atoms with van der Waals surface area (Å²) in [4.78, 5) is 12.6. The molecule has 0 aliphatic rings. The van der Waals surface area contributed by atoms with Crippen molar-refractivity contribution in [3.05, 3.63) is 59.9 Å². The van der Waals surface area contributed by atoms with E-state index >= 15 is 0 Å². The molecule has 0 saturated heterocycles. The van der Waals surface area contributed by atoms with Gasteiger partial charge in [0.05, 0.1) is 19.8 Å². The Morgan fingerprint density at radius 3 is 2.29 bits per heavy atom. The van der Waals surface area contributed by atoms with Gasteiger partial charge in [-0.3, -0.25) is 4.79 Å². The van der Waals surface area contributed by atoms with Crippen molar-refractivity contribution in [3.63, 3.8) is 0 Å². The third kappa shape index (κ3) is 2.36. The summed E-state index contributed by atoms with van der Waals surface area (Å²) in [5.41, 5.74) is 1.77. The van der Waals surface area contributed by atoms with Gasteiger partial charge in [-0.25, -0.2) is 0 Å². The Kier molecular flexibility index (Phi) is 3.36. The van der Waals surface area contributed by atoms with E-state index in [9.17, 15) is 4.79 Å². The summed E-state index contributed by atoms with van der Waals surface area (Å²) in [5.74, 6) is 1.31. The number of benzene rings is 2. The largest absolute Gasteiger partial charge is 0.497 e. The summed E-state index contributed by atoms with van der Waals surface area (Å²) in [7, 11) is 3.18. The molecule has 3 rings (SSSR count). The lowest BCUT2D eigenvalue weighted by Crippen LogP contribution is -2.00. The Balaban J connectivity index is 2.04. The van der Waals surface area contributed by atoms with Gasteiger partial charge in [-0.05, 0) is 42.5 Å². The lowest BCUT2D eigenvalue weighted by molar-refractivity contribution is 0.103. The molecule has 0 bridgehead atoms. The van der Waals surface area contributed by atoms with Crippen LogP contribution in [0.3, 0.4) is 0 Å². The number of ketones is 1. The lowest BCUT2D eigenvalue weighted by Gasteiger charge is -2.03. The van der Waals surface area contributed by atoms with Gasteiger partial charge < -0.3 is 13.9 Å². The van der Waals surface area contributed by atoms with E-state index in [1.807, 2.05) is 0 Å². The summed E-state index contributed by atoms with van der Waals surface area (Å²) in [6.45, 7) is 0. The molecule has 0 spiro atoms. The average Bonchev–Trinajstić information content (AvgIpc) is 2.97. The predicted molar refractivity (Wildman–Crippen MR) is 79.2 cm³/mol. The molecular formula is C17H14O4. The second-order valence-corrected chi connectivity index (χ2v) is 4.57. The Hall–Kier alpha value is -2.75. The fourth-order valence-corrected chi connectivity index (χ4v) is 2.21. The molecule has 1 heterocycles. The van der Waals surface area contributed by atoms with Crippen molar-refractivity contribution in [2.45, 2.75) is 0 Å². The molecule has 1 aromatic heterocycles. The Bertz CT molecular complexity index is 784. The molecule has 21 heavy (non-hydrogen) atoms. The number of ether oxygens (including phenoxy) is 2. The van der Waals surface area contributed by atoms with E-state index in [-0.39, 0.29) is 5.78 Å². The van der Waals surface area contributed by atoms with Crippen LogP contribution in [0.25, 0.3) is 11.0 Å². The molecule has 0 amide bonds. The van der Waals surface area contributed by atoms with Gasteiger partial charge in [0.25, 0.3) is 0 Å². The minimum absolute atomic E-state index is 0.0929. The van der Waals surface area contributed by atoms with Crippen LogP contribution in [0, 0.1) is 0 Å². The highest BCUT2D eigenvalue weighted by atomic mass is 16.5. The summed E-state index contributed by atoms with van der Waals surface area (Å²) in [6, 6.07) is 12.4. The fourth-order valence-electron chi connectivity index (χ4n) is 2.21. The van der Waals surface area contributed by atoms with Crippen molar-refractivity contribution in [2.75, 3.05) is 14.2 Å². The third-order valence-corrected chi connectivity index (χ3v) is 3.38. The minimum atomic E-state index is -0.0929. The van der Waals surface area contributed by atoms with Crippen LogP contribution in [0.1, 0.15) is 15.9 Å². The monoisotopic (exact) mass is 282 g/mol. The lowest BCUT2D eigenvalue weighted by atomic mass is 10.0. The van der Waals surface area contributed by atoms with Crippen LogP contribution < -0.4 is 9.47 Å². The van der Waals surface area contributed by atoms with Gasteiger partial charge in [-0.1, -0.05) is 0 Å². The van der Waals surface area contributed by atoms with E-state index in [0.29, 0.717) is 28.2 Å². The molecule has 0 aliphatic heterocycles. The second-order valence-electron chi connectivity index (χ2n) is 4.57. The highest BCUT2D eigenvalue weighted by Crippen LogP contribution is 2.27. The SMILES string of the molecule is COc1ccc(C(=O)c2coc3ccc(OC)cc23)cc1. The van der Waals surface area contributed by atoms with Gasteiger partial charge in [-0.15, -0.1) is 0 Å². The number of fused-ring (bicyclic) bond motifs is 1. The zero-order valence-electron chi connectivity index (χ0n) is 11.8. The van der Waals surface area contributed by atoms with Crippen LogP contribution in [-0.2, 0) is 0 Å². The highest BCUT2D eigenvalue weighted by Gasteiger charge is 2.16. The molecule has 4 heteroatoms. The molecule has 106 valence electrons. The molecule has 0 unspecified atom stereocenters. The molecule has 0 N–H and O–H groups in total. The van der Waals surface area contributed by atoms with Crippen LogP contribution in [0.4, 0.5) is 0 Å². The van der Waals surface area contributed by atoms with Gasteiger partial charge in [0.1, 0.15) is 23.3 Å². The topological polar surface area (TPSA) is 48.7 Å². The van der Waals surface area contributed by atoms with E-state index < -0.39 is 0 Å². The molecule has 2 aromatic carbocycles. The number of furan rings is 1. The summed E-state index contributed by atoms with van der Waals surface area (Å²) in [6.07, 6.45) is 1.48. The predicted octanol–water partition coefficient (Wildman–Crippen LogP) is 3.68. The van der Waals surface area contributed by atoms with Crippen molar-refractivity contribution in [3.8, 4) is 11.5 Å². The first-order valence-corrected chi connectivity index (χ1v) is 6.47. The van der Waals surface area contributed by atoms with E-state index in [0.717, 1.165) is 5.39 Å². The number of hydrogen-bond acceptors (Lipinski definition) is 4. The summed E-state index contributed by atoms with van der Waals surface area (Å²) in [5, 5.41) is 0.746. The van der Waals surface area contributed by atoms with E-state index in [1.165, 1.54) is 6.26 Å². The van der Waals surface area contributed by atoms with Crippen LogP contribution in [-0.4, -0.2) is 20.0 Å². The number of carbonyl (C=O) groups excluding carboxylic acids is 1. The van der Waals surface area contributed by atoms with Crippen LogP contribution in [0.15, 0.2) is 53.1 Å². The van der Waals surface area contributed by atoms with E-state index in [2.05, 4.69) is 0 Å². The Morgan fingerprint density at radius 1 is 0.952 bits per heavy atom. The van der Waals surface area contributed by atoms with Gasteiger partial charge in [-0.2, -0.15) is 0 Å². The van der Waals surface area contributed by atoms with Crippen molar-refractivity contribution in [1.29, 1.82) is 0 Å². The Morgan fingerprint density at radius 2 is 1.62 bits per heavy atom. The Labute approximate surface area is 121 Å². The maximum atomic E-state index is 12.6. The average molecular weight is 282 g/mol. The first-order chi connectivity index (χ1) is 10.2. The summed E-state index contributed by atoms with van der Waals surface area (Å²) < 4.78 is 15.7. The van der Waals surface area contributed by atoms with Crippen LogP contribution >= 0.6 is 0 Å². The van der Waals surface area contributed by atoms with Gasteiger partial charge in [0, 0.05) is 10.9 Å². The molecule has 0 atom stereocenters. The number of carbonyl (C=O) groups is 1. The number of hydrogen-bond donors (Lipinski definition) is 0. The van der Waals surface area contributed by atoms with Crippen LogP contribution in [0.5, 0.6) is 11.5 Å². The second kappa shape index (κ2) is 5.32. The molecule has 0 fully saturated rings. The van der Waals surface area contributed by atoms with E-state index in [1.54, 1.807) is 56.7 Å². The smallest absolute Gasteiger partial charge is 0.196 e. The number of rotatable bonds is 4. The standard InChI is InChI=1S/C17H14O4/c1-19-12-5-3-11(4-6-12)17(18)15-10-21-16-8-7-13(20-2)9-14(15)16/h3-10H,1-2H3. The number of methoxy groups -OCH3 is 2. The van der Waals surface area contributed by atoms with Gasteiger partial charge in [0.2, 0.25) is 0 Å². The highest BCUT2D eigenvalue weighted by molar-refractivity contribution is 6.16. The van der Waals surface area contributed by atoms with Crippen molar-refractivity contribution < 1.29 is 18.7 Å². The molecule has 0 radical (unpaired) electrons. The van der Waals surface area contributed by atoms with Crippen molar-refractivity contribution in [1.82, 2.24) is 0 Å². The molecule has 3 aromatic rings. The quantitative estimate of drug-likeness (QED) is 0.685. The molecular weight excluding hydrogens is 268 g/mol. The summed E-state index contributed by atoms with van der Waals surface area (Å²) >= 11 is 0. The zero-order valence-corrected chi connectivity index (χ0v) is 11.8. The first-order valence-electron chi connectivity index (χ1n) is 6.47. The normalized spacial score (nSPS) is 10.6. The molecule has 0 aliphatic carbocycles. The fraction of sp³-hybridized carbons (Fsp3) is 0.118. The van der Waals surface area contributed by atoms with Crippen molar-refractivity contribution >= 4 is 16.8 Å². The van der Waals surface area contributed by atoms with Gasteiger partial charge >= 0.3 is 0 Å². The minimum Gasteiger partial charge on any atom is -0.497 e. The third-order valence-electron chi connectivity index (χ3n) is 3.38. The molecule has 0 saturated carbocycles. The zero-order chi connectivity index (χ0) is 14.8. The van der Waals surface area contributed by atoms with Gasteiger partial charge in [0.15, 0.2) is 5.78 Å². The molecule has 4 nitrogen and oxygen atoms in total. The van der Waals surface area contributed by atoms with Crippen LogP contribution in [0.2, 0.25) is 0 Å². The maximum absolute atomic E-state index is 12.6. The van der Waals surface area contributed by atoms with E-state index in [4.69, 9.17) is 13.9 Å².